The van der Waals surface area contributed by atoms with Crippen LogP contribution in [-0.4, -0.2) is 27.8 Å². The lowest BCUT2D eigenvalue weighted by molar-refractivity contribution is -0.139. The van der Waals surface area contributed by atoms with Crippen LogP contribution in [0.25, 0.3) is 22.5 Å². The largest absolute Gasteiger partial charge is 0.482 e. The van der Waals surface area contributed by atoms with Gasteiger partial charge in [-0.15, -0.1) is 0 Å². The highest BCUT2D eigenvalue weighted by Crippen LogP contribution is 2.24. The standard InChI is InChI=1S/C18H13ClN2O4/c19-15(10-12-6-8-14(9-7-12)24-11-16(22)23)18-20-17(21-25-18)13-4-2-1-3-5-13/h1-10H,11H2,(H,22,23)/b15-10-. The Morgan fingerprint density at radius 1 is 1.16 bits per heavy atom. The summed E-state index contributed by atoms with van der Waals surface area (Å²) >= 11 is 6.24. The lowest BCUT2D eigenvalue weighted by Gasteiger charge is -2.03. The molecule has 0 fully saturated rings. The van der Waals surface area contributed by atoms with Gasteiger partial charge in [0.15, 0.2) is 6.61 Å². The van der Waals surface area contributed by atoms with Crippen molar-refractivity contribution in [2.75, 3.05) is 6.61 Å². The summed E-state index contributed by atoms with van der Waals surface area (Å²) in [7, 11) is 0. The van der Waals surface area contributed by atoms with E-state index in [0.29, 0.717) is 16.6 Å². The Labute approximate surface area is 148 Å². The molecule has 0 spiro atoms. The van der Waals surface area contributed by atoms with Crippen molar-refractivity contribution in [1.82, 2.24) is 10.1 Å². The van der Waals surface area contributed by atoms with Gasteiger partial charge in [-0.2, -0.15) is 4.98 Å². The van der Waals surface area contributed by atoms with Gasteiger partial charge in [0.05, 0.1) is 0 Å². The number of rotatable bonds is 6. The first-order valence-electron chi connectivity index (χ1n) is 7.33. The van der Waals surface area contributed by atoms with Crippen molar-refractivity contribution >= 4 is 28.7 Å². The number of ether oxygens (including phenoxy) is 1. The lowest BCUT2D eigenvalue weighted by Crippen LogP contribution is -2.09. The van der Waals surface area contributed by atoms with Crippen LogP contribution in [0.15, 0.2) is 59.1 Å². The quantitative estimate of drug-likeness (QED) is 0.720. The number of hydrogen-bond donors (Lipinski definition) is 1. The molecule has 0 unspecified atom stereocenters. The molecule has 7 heteroatoms. The van der Waals surface area contributed by atoms with Gasteiger partial charge in [-0.25, -0.2) is 4.79 Å². The molecule has 0 aliphatic heterocycles. The van der Waals surface area contributed by atoms with Crippen LogP contribution < -0.4 is 4.74 Å². The van der Waals surface area contributed by atoms with Gasteiger partial charge in [-0.1, -0.05) is 59.2 Å². The number of carboxylic acid groups (broad SMARTS) is 1. The molecule has 0 atom stereocenters. The van der Waals surface area contributed by atoms with E-state index in [1.807, 2.05) is 30.3 Å². The average molecular weight is 357 g/mol. The van der Waals surface area contributed by atoms with E-state index in [9.17, 15) is 4.79 Å². The first kappa shape index (κ1) is 16.7. The molecule has 2 aromatic carbocycles. The zero-order valence-electron chi connectivity index (χ0n) is 12.9. The van der Waals surface area contributed by atoms with Gasteiger partial charge in [-0.05, 0) is 23.8 Å². The molecule has 6 nitrogen and oxygen atoms in total. The molecular formula is C18H13ClN2O4. The molecule has 0 amide bonds. The van der Waals surface area contributed by atoms with Crippen LogP contribution in [0, 0.1) is 0 Å². The van der Waals surface area contributed by atoms with Crippen molar-refractivity contribution < 1.29 is 19.2 Å². The minimum absolute atomic E-state index is 0.215. The third-order valence-electron chi connectivity index (χ3n) is 3.20. The third kappa shape index (κ3) is 4.45. The van der Waals surface area contributed by atoms with Gasteiger partial charge in [0, 0.05) is 5.56 Å². The van der Waals surface area contributed by atoms with Crippen LogP contribution in [0.5, 0.6) is 5.75 Å². The average Bonchev–Trinajstić information content (AvgIpc) is 3.12. The number of hydrogen-bond acceptors (Lipinski definition) is 5. The summed E-state index contributed by atoms with van der Waals surface area (Å²) in [4.78, 5) is 14.7. The topological polar surface area (TPSA) is 85.5 Å². The molecule has 3 aromatic rings. The molecule has 0 aliphatic rings. The Morgan fingerprint density at radius 3 is 2.56 bits per heavy atom. The highest BCUT2D eigenvalue weighted by atomic mass is 35.5. The number of aromatic nitrogens is 2. The van der Waals surface area contributed by atoms with Crippen LogP contribution in [0.1, 0.15) is 11.5 Å². The second-order valence-electron chi connectivity index (χ2n) is 5.03. The van der Waals surface area contributed by atoms with Crippen LogP contribution in [0.2, 0.25) is 0 Å². The molecule has 0 aliphatic carbocycles. The highest BCUT2D eigenvalue weighted by molar-refractivity contribution is 6.50. The van der Waals surface area contributed by atoms with Crippen molar-refractivity contribution in [3.05, 3.63) is 66.1 Å². The Morgan fingerprint density at radius 2 is 1.88 bits per heavy atom. The van der Waals surface area contributed by atoms with E-state index in [-0.39, 0.29) is 12.5 Å². The Balaban J connectivity index is 1.73. The Kier molecular flexibility index (Phi) is 5.11. The monoisotopic (exact) mass is 356 g/mol. The van der Waals surface area contributed by atoms with E-state index in [1.165, 1.54) is 0 Å². The van der Waals surface area contributed by atoms with Gasteiger partial charge in [0.25, 0.3) is 5.89 Å². The van der Waals surface area contributed by atoms with Crippen molar-refractivity contribution in [2.24, 2.45) is 0 Å². The van der Waals surface area contributed by atoms with Crippen molar-refractivity contribution in [3.8, 4) is 17.1 Å². The highest BCUT2D eigenvalue weighted by Gasteiger charge is 2.11. The van der Waals surface area contributed by atoms with Gasteiger partial charge in [-0.3, -0.25) is 0 Å². The molecule has 0 radical (unpaired) electrons. The van der Waals surface area contributed by atoms with Crippen molar-refractivity contribution in [2.45, 2.75) is 0 Å². The number of halogens is 1. The summed E-state index contributed by atoms with van der Waals surface area (Å²) in [6, 6.07) is 16.2. The molecule has 1 heterocycles. The van der Waals surface area contributed by atoms with Gasteiger partial charge < -0.3 is 14.4 Å². The summed E-state index contributed by atoms with van der Waals surface area (Å²) in [5.41, 5.74) is 1.62. The Hall–Kier alpha value is -3.12. The second kappa shape index (κ2) is 7.63. The molecule has 0 saturated carbocycles. The van der Waals surface area contributed by atoms with Gasteiger partial charge in [0.1, 0.15) is 10.8 Å². The molecule has 3 rings (SSSR count). The normalized spacial score (nSPS) is 11.3. The van der Waals surface area contributed by atoms with Crippen LogP contribution in [-0.2, 0) is 4.79 Å². The number of carbonyl (C=O) groups is 1. The van der Waals surface area contributed by atoms with E-state index in [1.54, 1.807) is 30.3 Å². The minimum atomic E-state index is -1.03. The summed E-state index contributed by atoms with van der Waals surface area (Å²) < 4.78 is 10.3. The first-order chi connectivity index (χ1) is 12.1. The molecule has 126 valence electrons. The van der Waals surface area contributed by atoms with E-state index in [2.05, 4.69) is 10.1 Å². The minimum Gasteiger partial charge on any atom is -0.482 e. The number of nitrogens with zero attached hydrogens (tertiary/aromatic N) is 2. The number of aliphatic carboxylic acids is 1. The van der Waals surface area contributed by atoms with E-state index in [0.717, 1.165) is 11.1 Å². The van der Waals surface area contributed by atoms with Crippen LogP contribution >= 0.6 is 11.6 Å². The Bertz CT molecular complexity index is 889. The van der Waals surface area contributed by atoms with Gasteiger partial charge >= 0.3 is 5.97 Å². The number of carboxylic acids is 1. The fourth-order valence-corrected chi connectivity index (χ4v) is 2.24. The zero-order chi connectivity index (χ0) is 17.6. The smallest absolute Gasteiger partial charge is 0.341 e. The maximum atomic E-state index is 10.5. The maximum absolute atomic E-state index is 10.5. The van der Waals surface area contributed by atoms with Crippen LogP contribution in [0.4, 0.5) is 0 Å². The predicted molar refractivity (Wildman–Crippen MR) is 93.0 cm³/mol. The predicted octanol–water partition coefficient (Wildman–Crippen LogP) is 3.94. The summed E-state index contributed by atoms with van der Waals surface area (Å²) in [6.45, 7) is -0.389. The fraction of sp³-hybridized carbons (Fsp3) is 0.0556. The maximum Gasteiger partial charge on any atom is 0.341 e. The van der Waals surface area contributed by atoms with E-state index < -0.39 is 5.97 Å². The van der Waals surface area contributed by atoms with E-state index >= 15 is 0 Å². The SMILES string of the molecule is O=C(O)COc1ccc(/C=C(\Cl)c2nc(-c3ccccc3)no2)cc1. The lowest BCUT2D eigenvalue weighted by atomic mass is 10.2. The van der Waals surface area contributed by atoms with E-state index in [4.69, 9.17) is 26.0 Å². The zero-order valence-corrected chi connectivity index (χ0v) is 13.7. The summed E-state index contributed by atoms with van der Waals surface area (Å²) in [6.07, 6.45) is 1.67. The van der Waals surface area contributed by atoms with Crippen LogP contribution in [0.3, 0.4) is 0 Å². The molecule has 1 aromatic heterocycles. The fourth-order valence-electron chi connectivity index (χ4n) is 2.04. The number of benzene rings is 2. The molecule has 0 bridgehead atoms. The molecular weight excluding hydrogens is 344 g/mol. The van der Waals surface area contributed by atoms with Crippen molar-refractivity contribution in [3.63, 3.8) is 0 Å². The first-order valence-corrected chi connectivity index (χ1v) is 7.71. The van der Waals surface area contributed by atoms with Crippen molar-refractivity contribution in [1.29, 1.82) is 0 Å². The molecule has 0 saturated heterocycles. The second-order valence-corrected chi connectivity index (χ2v) is 5.44. The molecule has 1 N–H and O–H groups in total. The summed E-state index contributed by atoms with van der Waals surface area (Å²) in [5, 5.41) is 12.8. The van der Waals surface area contributed by atoms with Gasteiger partial charge in [0.2, 0.25) is 5.82 Å². The third-order valence-corrected chi connectivity index (χ3v) is 3.47. The molecule has 25 heavy (non-hydrogen) atoms. The summed E-state index contributed by atoms with van der Waals surface area (Å²) in [5.74, 6) is 0.101.